The molecule has 1 fully saturated rings. The lowest BCUT2D eigenvalue weighted by Crippen LogP contribution is -2.42. The van der Waals surface area contributed by atoms with E-state index in [9.17, 15) is 4.79 Å². The topological polar surface area (TPSA) is 50.4 Å². The first-order valence-corrected chi connectivity index (χ1v) is 7.23. The molecule has 0 aromatic heterocycles. The van der Waals surface area contributed by atoms with Crippen molar-refractivity contribution in [2.75, 3.05) is 7.11 Å². The molecule has 4 heteroatoms. The Morgan fingerprint density at radius 1 is 1.30 bits per heavy atom. The van der Waals surface area contributed by atoms with Crippen LogP contribution in [0.2, 0.25) is 0 Å². The molecular formula is C16H24N2O2. The molecule has 20 heavy (non-hydrogen) atoms. The predicted molar refractivity (Wildman–Crippen MR) is 80.0 cm³/mol. The summed E-state index contributed by atoms with van der Waals surface area (Å²) in [6.07, 6.45) is 2.45. The Morgan fingerprint density at radius 3 is 2.60 bits per heavy atom. The monoisotopic (exact) mass is 276 g/mol. The van der Waals surface area contributed by atoms with E-state index in [1.807, 2.05) is 32.0 Å². The van der Waals surface area contributed by atoms with Crippen molar-refractivity contribution in [3.05, 3.63) is 29.3 Å². The molecule has 2 atom stereocenters. The van der Waals surface area contributed by atoms with Crippen LogP contribution < -0.4 is 15.4 Å². The molecule has 0 saturated heterocycles. The lowest BCUT2D eigenvalue weighted by atomic mass is 10.0. The van der Waals surface area contributed by atoms with Crippen LogP contribution >= 0.6 is 0 Å². The highest BCUT2D eigenvalue weighted by Gasteiger charge is 2.29. The second kappa shape index (κ2) is 6.16. The molecule has 0 spiro atoms. The Balaban J connectivity index is 1.98. The maximum absolute atomic E-state index is 12.0. The lowest BCUT2D eigenvalue weighted by molar-refractivity contribution is 0.233. The molecule has 4 nitrogen and oxygen atoms in total. The fourth-order valence-electron chi connectivity index (χ4n) is 2.43. The van der Waals surface area contributed by atoms with Crippen LogP contribution in [-0.2, 0) is 0 Å². The van der Waals surface area contributed by atoms with Gasteiger partial charge in [-0.25, -0.2) is 4.79 Å². The van der Waals surface area contributed by atoms with E-state index in [0.29, 0.717) is 5.92 Å². The maximum atomic E-state index is 12.0. The summed E-state index contributed by atoms with van der Waals surface area (Å²) in [5.74, 6) is 1.46. The van der Waals surface area contributed by atoms with Gasteiger partial charge in [0, 0.05) is 11.6 Å². The second-order valence-electron chi connectivity index (χ2n) is 5.71. The zero-order valence-corrected chi connectivity index (χ0v) is 12.7. The molecule has 1 aromatic carbocycles. The summed E-state index contributed by atoms with van der Waals surface area (Å²) < 4.78 is 5.36. The summed E-state index contributed by atoms with van der Waals surface area (Å²) in [7, 11) is 1.65. The Bertz CT molecular complexity index is 483. The first-order chi connectivity index (χ1) is 9.51. The van der Waals surface area contributed by atoms with Crippen LogP contribution in [0.25, 0.3) is 0 Å². The van der Waals surface area contributed by atoms with E-state index in [-0.39, 0.29) is 18.1 Å². The summed E-state index contributed by atoms with van der Waals surface area (Å²) in [4.78, 5) is 12.0. The molecule has 1 aromatic rings. The minimum atomic E-state index is -0.111. The largest absolute Gasteiger partial charge is 0.496 e. The van der Waals surface area contributed by atoms with Crippen molar-refractivity contribution in [3.8, 4) is 5.75 Å². The Morgan fingerprint density at radius 2 is 2.00 bits per heavy atom. The summed E-state index contributed by atoms with van der Waals surface area (Å²) in [5.41, 5.74) is 2.16. The number of hydrogen-bond acceptors (Lipinski definition) is 2. The molecule has 0 heterocycles. The quantitative estimate of drug-likeness (QED) is 0.868. The number of amides is 2. The van der Waals surface area contributed by atoms with E-state index in [4.69, 9.17) is 4.74 Å². The zero-order valence-electron chi connectivity index (χ0n) is 12.7. The smallest absolute Gasteiger partial charge is 0.315 e. The third kappa shape index (κ3) is 3.65. The van der Waals surface area contributed by atoms with E-state index in [2.05, 4.69) is 17.6 Å². The van der Waals surface area contributed by atoms with E-state index in [0.717, 1.165) is 16.9 Å². The van der Waals surface area contributed by atoms with Crippen LogP contribution in [0.1, 0.15) is 43.9 Å². The zero-order chi connectivity index (χ0) is 14.7. The number of ether oxygens (including phenoxy) is 1. The van der Waals surface area contributed by atoms with Crippen molar-refractivity contribution in [3.63, 3.8) is 0 Å². The Hall–Kier alpha value is -1.71. The molecule has 110 valence electrons. The molecule has 2 unspecified atom stereocenters. The number of methoxy groups -OCH3 is 1. The highest BCUT2D eigenvalue weighted by molar-refractivity contribution is 5.75. The average molecular weight is 276 g/mol. The van der Waals surface area contributed by atoms with Crippen LogP contribution in [0, 0.1) is 12.8 Å². The van der Waals surface area contributed by atoms with Crippen LogP contribution in [0.3, 0.4) is 0 Å². The highest BCUT2D eigenvalue weighted by atomic mass is 16.5. The van der Waals surface area contributed by atoms with E-state index in [1.54, 1.807) is 7.11 Å². The van der Waals surface area contributed by atoms with Gasteiger partial charge in [0.25, 0.3) is 0 Å². The minimum absolute atomic E-state index is 0.0868. The van der Waals surface area contributed by atoms with Crippen molar-refractivity contribution < 1.29 is 9.53 Å². The summed E-state index contributed by atoms with van der Waals surface area (Å²) >= 11 is 0. The van der Waals surface area contributed by atoms with Gasteiger partial charge in [0.1, 0.15) is 5.75 Å². The lowest BCUT2D eigenvalue weighted by Gasteiger charge is -2.20. The molecule has 2 amide bonds. The SMILES string of the molecule is COc1ccc(C)cc1C(C)NC(=O)NC(C)C1CC1. The van der Waals surface area contributed by atoms with Crippen LogP contribution in [0.4, 0.5) is 4.79 Å². The van der Waals surface area contributed by atoms with Gasteiger partial charge >= 0.3 is 6.03 Å². The van der Waals surface area contributed by atoms with E-state index >= 15 is 0 Å². The third-order valence-electron chi connectivity index (χ3n) is 3.89. The van der Waals surface area contributed by atoms with Crippen molar-refractivity contribution in [2.45, 2.75) is 45.7 Å². The molecule has 0 bridgehead atoms. The number of carbonyl (C=O) groups is 1. The first-order valence-electron chi connectivity index (χ1n) is 7.23. The van der Waals surface area contributed by atoms with Crippen LogP contribution in [0.15, 0.2) is 18.2 Å². The molecular weight excluding hydrogens is 252 g/mol. The van der Waals surface area contributed by atoms with Crippen molar-refractivity contribution in [2.24, 2.45) is 5.92 Å². The van der Waals surface area contributed by atoms with Gasteiger partial charge in [0.05, 0.1) is 13.2 Å². The van der Waals surface area contributed by atoms with Gasteiger partial charge in [0.2, 0.25) is 0 Å². The molecule has 1 saturated carbocycles. The van der Waals surface area contributed by atoms with Crippen LogP contribution in [-0.4, -0.2) is 19.2 Å². The van der Waals surface area contributed by atoms with Crippen molar-refractivity contribution >= 4 is 6.03 Å². The molecule has 1 aliphatic carbocycles. The Labute approximate surface area is 120 Å². The second-order valence-corrected chi connectivity index (χ2v) is 5.71. The number of carbonyl (C=O) groups excluding carboxylic acids is 1. The normalized spacial score (nSPS) is 17.2. The fraction of sp³-hybridized carbons (Fsp3) is 0.562. The molecule has 0 aliphatic heterocycles. The summed E-state index contributed by atoms with van der Waals surface area (Å²) in [5, 5.41) is 5.99. The molecule has 0 radical (unpaired) electrons. The number of nitrogens with one attached hydrogen (secondary N) is 2. The number of hydrogen-bond donors (Lipinski definition) is 2. The molecule has 2 N–H and O–H groups in total. The van der Waals surface area contributed by atoms with Gasteiger partial charge in [0.15, 0.2) is 0 Å². The standard InChI is InChI=1S/C16H24N2O2/c1-10-5-8-15(20-4)14(9-10)12(3)18-16(19)17-11(2)13-6-7-13/h5,8-9,11-13H,6-7H2,1-4H3,(H2,17,18,19). The molecule has 1 aliphatic rings. The van der Waals surface area contributed by atoms with Crippen molar-refractivity contribution in [1.29, 1.82) is 0 Å². The first kappa shape index (κ1) is 14.7. The van der Waals surface area contributed by atoms with Crippen molar-refractivity contribution in [1.82, 2.24) is 10.6 Å². The third-order valence-corrected chi connectivity index (χ3v) is 3.89. The number of rotatable bonds is 5. The number of aryl methyl sites for hydroxylation is 1. The van der Waals surface area contributed by atoms with Gasteiger partial charge in [-0.3, -0.25) is 0 Å². The van der Waals surface area contributed by atoms with E-state index in [1.165, 1.54) is 12.8 Å². The fourth-order valence-corrected chi connectivity index (χ4v) is 2.43. The summed E-state index contributed by atoms with van der Waals surface area (Å²) in [6, 6.07) is 6.05. The number of urea groups is 1. The number of benzene rings is 1. The van der Waals surface area contributed by atoms with Gasteiger partial charge in [-0.15, -0.1) is 0 Å². The predicted octanol–water partition coefficient (Wildman–Crippen LogP) is 3.16. The van der Waals surface area contributed by atoms with Gasteiger partial charge < -0.3 is 15.4 Å². The average Bonchev–Trinajstić information content (AvgIpc) is 3.22. The van der Waals surface area contributed by atoms with Gasteiger partial charge in [-0.1, -0.05) is 17.7 Å². The minimum Gasteiger partial charge on any atom is -0.496 e. The van der Waals surface area contributed by atoms with E-state index < -0.39 is 0 Å². The van der Waals surface area contributed by atoms with Crippen LogP contribution in [0.5, 0.6) is 5.75 Å². The molecule has 2 rings (SSSR count). The van der Waals surface area contributed by atoms with Gasteiger partial charge in [-0.05, 0) is 45.6 Å². The Kier molecular flexibility index (Phi) is 4.53. The summed E-state index contributed by atoms with van der Waals surface area (Å²) in [6.45, 7) is 6.07. The maximum Gasteiger partial charge on any atom is 0.315 e. The van der Waals surface area contributed by atoms with Gasteiger partial charge in [-0.2, -0.15) is 0 Å². The highest BCUT2D eigenvalue weighted by Crippen LogP contribution is 2.32.